The first-order chi connectivity index (χ1) is 15.2. The van der Waals surface area contributed by atoms with Gasteiger partial charge >= 0.3 is 0 Å². The molecule has 6 rings (SSSR count). The molecule has 0 aromatic carbocycles. The number of anilines is 2. The van der Waals surface area contributed by atoms with E-state index in [1.165, 1.54) is 17.7 Å². The number of pyridine rings is 1. The third kappa shape index (κ3) is 3.49. The van der Waals surface area contributed by atoms with Crippen LogP contribution in [0.1, 0.15) is 56.9 Å². The Labute approximate surface area is 187 Å². The molecule has 4 heterocycles. The first-order valence-corrected chi connectivity index (χ1v) is 12.3. The van der Waals surface area contributed by atoms with Crippen LogP contribution in [0.2, 0.25) is 0 Å². The third-order valence-corrected chi connectivity index (χ3v) is 8.31. The van der Waals surface area contributed by atoms with Gasteiger partial charge < -0.3 is 5.32 Å². The number of rotatable bonds is 5. The zero-order valence-corrected chi connectivity index (χ0v) is 18.5. The molecule has 2 saturated carbocycles. The van der Waals surface area contributed by atoms with E-state index in [2.05, 4.69) is 25.7 Å². The Morgan fingerprint density at radius 2 is 1.90 bits per heavy atom. The van der Waals surface area contributed by atoms with Crippen LogP contribution in [0.25, 0.3) is 0 Å². The maximum atomic E-state index is 13.2. The van der Waals surface area contributed by atoms with Crippen LogP contribution in [0, 0.1) is 0 Å². The fraction of sp³-hybridized carbons (Fsp3) is 0.565. The second kappa shape index (κ2) is 7.74. The minimum atomic E-state index is -0.300. The predicted molar refractivity (Wildman–Crippen MR) is 121 cm³/mol. The maximum Gasteiger partial charge on any atom is 0.239 e. The molecule has 0 radical (unpaired) electrons. The van der Waals surface area contributed by atoms with E-state index < -0.39 is 0 Å². The molecule has 2 aliphatic heterocycles. The van der Waals surface area contributed by atoms with Crippen molar-refractivity contribution >= 4 is 29.6 Å². The molecule has 2 aliphatic carbocycles. The van der Waals surface area contributed by atoms with Gasteiger partial charge in [0.2, 0.25) is 11.9 Å². The van der Waals surface area contributed by atoms with Crippen LogP contribution < -0.4 is 10.2 Å². The number of nitrogens with one attached hydrogen (secondary N) is 1. The van der Waals surface area contributed by atoms with Crippen molar-refractivity contribution in [2.24, 2.45) is 0 Å². The monoisotopic (exact) mass is 436 g/mol. The lowest BCUT2D eigenvalue weighted by atomic mass is 10.0. The summed E-state index contributed by atoms with van der Waals surface area (Å²) in [6, 6.07) is 4.76. The average molecular weight is 437 g/mol. The number of fused-ring (bicyclic) bond motifs is 2. The summed E-state index contributed by atoms with van der Waals surface area (Å²) in [5.41, 5.74) is 0.767. The van der Waals surface area contributed by atoms with Crippen LogP contribution in [0.15, 0.2) is 35.6 Å². The number of hydrogen-bond acceptors (Lipinski definition) is 7. The Hall–Kier alpha value is -2.19. The minimum Gasteiger partial charge on any atom is -0.351 e. The topological polar surface area (TPSA) is 74.2 Å². The molecule has 1 amide bonds. The summed E-state index contributed by atoms with van der Waals surface area (Å²) < 4.78 is 2.40. The zero-order valence-electron chi connectivity index (χ0n) is 17.7. The molecule has 0 bridgehead atoms. The summed E-state index contributed by atoms with van der Waals surface area (Å²) in [5, 5.41) is 3.56. The van der Waals surface area contributed by atoms with Gasteiger partial charge in [0.15, 0.2) is 0 Å². The molecule has 2 aromatic rings. The Kier molecular flexibility index (Phi) is 4.87. The van der Waals surface area contributed by atoms with Crippen molar-refractivity contribution in [3.8, 4) is 0 Å². The van der Waals surface area contributed by atoms with Gasteiger partial charge in [-0.05, 0) is 62.6 Å². The molecule has 8 heteroatoms. The molecular weight excluding hydrogens is 408 g/mol. The van der Waals surface area contributed by atoms with Gasteiger partial charge in [-0.3, -0.25) is 14.7 Å². The largest absolute Gasteiger partial charge is 0.351 e. The summed E-state index contributed by atoms with van der Waals surface area (Å²) in [5.74, 6) is 1.84. The van der Waals surface area contributed by atoms with E-state index >= 15 is 0 Å². The second-order valence-corrected chi connectivity index (χ2v) is 10.4. The molecular formula is C23H28N6OS. The standard InChI is InChI=1S/C23H28N6OS/c30-21-23(9-10-23)19-15-25-22(27-20(19)29(21)17-4-1-2-5-17)26-16-7-12-28(13-8-16)31-18-6-3-11-24-14-18/h3,6,11,14-17H,1-2,4-5,7-10,12-13H2,(H,25,26,27). The molecule has 162 valence electrons. The summed E-state index contributed by atoms with van der Waals surface area (Å²) in [4.78, 5) is 30.2. The van der Waals surface area contributed by atoms with Gasteiger partial charge in [-0.2, -0.15) is 4.98 Å². The van der Waals surface area contributed by atoms with Crippen molar-refractivity contribution in [1.29, 1.82) is 0 Å². The number of aromatic nitrogens is 3. The van der Waals surface area contributed by atoms with E-state index in [9.17, 15) is 4.79 Å². The molecule has 0 atom stereocenters. The van der Waals surface area contributed by atoms with Crippen LogP contribution in [0.5, 0.6) is 0 Å². The van der Waals surface area contributed by atoms with Crippen LogP contribution in [0.3, 0.4) is 0 Å². The Morgan fingerprint density at radius 3 is 2.61 bits per heavy atom. The highest BCUT2D eigenvalue weighted by Crippen LogP contribution is 2.57. The quantitative estimate of drug-likeness (QED) is 0.715. The lowest BCUT2D eigenvalue weighted by Crippen LogP contribution is -2.39. The van der Waals surface area contributed by atoms with Crippen LogP contribution >= 0.6 is 11.9 Å². The van der Waals surface area contributed by atoms with Gasteiger partial charge in [0.1, 0.15) is 5.82 Å². The number of nitrogens with zero attached hydrogens (tertiary/aromatic N) is 5. The van der Waals surface area contributed by atoms with E-state index in [0.29, 0.717) is 18.0 Å². The Bertz CT molecular complexity index is 967. The first kappa shape index (κ1) is 19.5. The highest BCUT2D eigenvalue weighted by atomic mass is 32.2. The van der Waals surface area contributed by atoms with Crippen LogP contribution in [0.4, 0.5) is 11.8 Å². The van der Waals surface area contributed by atoms with E-state index in [4.69, 9.17) is 4.98 Å². The van der Waals surface area contributed by atoms with E-state index in [0.717, 1.165) is 63.0 Å². The van der Waals surface area contributed by atoms with Gasteiger partial charge in [0.05, 0.1) is 5.41 Å². The van der Waals surface area contributed by atoms with Gasteiger partial charge in [0.25, 0.3) is 0 Å². The molecule has 2 aromatic heterocycles. The van der Waals surface area contributed by atoms with Gasteiger partial charge in [0, 0.05) is 54.2 Å². The first-order valence-electron chi connectivity index (χ1n) is 11.5. The molecule has 3 fully saturated rings. The van der Waals surface area contributed by atoms with Crippen molar-refractivity contribution in [2.75, 3.05) is 23.3 Å². The summed E-state index contributed by atoms with van der Waals surface area (Å²) in [6.07, 6.45) is 14.3. The molecule has 1 N–H and O–H groups in total. The van der Waals surface area contributed by atoms with Crippen molar-refractivity contribution in [3.05, 3.63) is 36.3 Å². The molecule has 31 heavy (non-hydrogen) atoms. The minimum absolute atomic E-state index is 0.279. The van der Waals surface area contributed by atoms with Gasteiger partial charge in [-0.25, -0.2) is 9.29 Å². The predicted octanol–water partition coefficient (Wildman–Crippen LogP) is 3.78. The fourth-order valence-corrected chi connectivity index (χ4v) is 6.28. The number of piperidine rings is 1. The molecule has 0 unspecified atom stereocenters. The van der Waals surface area contributed by atoms with Crippen LogP contribution in [-0.4, -0.2) is 50.3 Å². The average Bonchev–Trinajstić information content (AvgIpc) is 3.36. The van der Waals surface area contributed by atoms with Crippen molar-refractivity contribution in [2.45, 2.75) is 73.8 Å². The van der Waals surface area contributed by atoms with E-state index in [1.807, 2.05) is 29.6 Å². The maximum absolute atomic E-state index is 13.2. The normalized spacial score (nSPS) is 23.5. The highest BCUT2D eigenvalue weighted by Gasteiger charge is 2.61. The van der Waals surface area contributed by atoms with Crippen molar-refractivity contribution in [3.63, 3.8) is 0 Å². The summed E-state index contributed by atoms with van der Waals surface area (Å²) in [6.45, 7) is 2.02. The van der Waals surface area contributed by atoms with E-state index in [-0.39, 0.29) is 11.3 Å². The molecule has 1 saturated heterocycles. The summed E-state index contributed by atoms with van der Waals surface area (Å²) >= 11 is 1.78. The SMILES string of the molecule is O=C1N(C2CCCC2)c2nc(NC3CCN(Sc4cccnc4)CC3)ncc2C12CC2. The molecule has 7 nitrogen and oxygen atoms in total. The third-order valence-electron chi connectivity index (χ3n) is 7.24. The zero-order chi connectivity index (χ0) is 20.8. The van der Waals surface area contributed by atoms with Crippen LogP contribution in [-0.2, 0) is 10.2 Å². The molecule has 1 spiro atoms. The van der Waals surface area contributed by atoms with Gasteiger partial charge in [-0.15, -0.1) is 0 Å². The second-order valence-electron chi connectivity index (χ2n) is 9.25. The Morgan fingerprint density at radius 1 is 1.10 bits per heavy atom. The lowest BCUT2D eigenvalue weighted by Gasteiger charge is -2.31. The van der Waals surface area contributed by atoms with E-state index in [1.54, 1.807) is 11.9 Å². The van der Waals surface area contributed by atoms with Crippen molar-refractivity contribution in [1.82, 2.24) is 19.3 Å². The molecule has 4 aliphatic rings. The summed E-state index contributed by atoms with van der Waals surface area (Å²) in [7, 11) is 0. The van der Waals surface area contributed by atoms with Crippen molar-refractivity contribution < 1.29 is 4.79 Å². The number of carbonyl (C=O) groups is 1. The smallest absolute Gasteiger partial charge is 0.239 e. The Balaban J connectivity index is 1.14. The lowest BCUT2D eigenvalue weighted by molar-refractivity contribution is -0.120. The number of hydrogen-bond donors (Lipinski definition) is 1. The highest BCUT2D eigenvalue weighted by molar-refractivity contribution is 7.97. The number of amides is 1. The van der Waals surface area contributed by atoms with Gasteiger partial charge in [-0.1, -0.05) is 12.8 Å². The fourth-order valence-electron chi connectivity index (χ4n) is 5.34. The number of carbonyl (C=O) groups excluding carboxylic acids is 1.